The summed E-state index contributed by atoms with van der Waals surface area (Å²) in [5.74, 6) is 0. The van der Waals surface area contributed by atoms with E-state index in [1.165, 1.54) is 0 Å². The second kappa shape index (κ2) is 18.2. The fourth-order valence-electron chi connectivity index (χ4n) is 5.43. The van der Waals surface area contributed by atoms with Gasteiger partial charge in [-0.25, -0.2) is 0 Å². The van der Waals surface area contributed by atoms with Crippen LogP contribution in [0, 0.1) is 0 Å². The molecule has 0 saturated heterocycles. The van der Waals surface area contributed by atoms with Gasteiger partial charge in [0.1, 0.15) is 0 Å². The van der Waals surface area contributed by atoms with Crippen LogP contribution < -0.4 is 0 Å². The van der Waals surface area contributed by atoms with Crippen LogP contribution in [0.4, 0.5) is 0 Å². The number of rotatable bonds is 25. The fraction of sp³-hybridized carbons (Fsp3) is 1.00. The molecule has 0 aliphatic carbocycles. The summed E-state index contributed by atoms with van der Waals surface area (Å²) in [5.41, 5.74) is 0. The zero-order chi connectivity index (χ0) is 32.9. The van der Waals surface area contributed by atoms with E-state index >= 15 is 0 Å². The SMILES string of the molecule is CCO[Si](CC[Si](C)(C)OC(C)(C)[Si](C)(C)OC(C)(CC)[Si](C)(C)CC[Si](OCC)(OCC)OCC)(OCC)OCC. The third-order valence-electron chi connectivity index (χ3n) is 8.84. The first-order chi connectivity index (χ1) is 19.3. The van der Waals surface area contributed by atoms with Crippen molar-refractivity contribution in [3.05, 3.63) is 0 Å². The average molecular weight is 687 g/mol. The van der Waals surface area contributed by atoms with Crippen molar-refractivity contribution >= 4 is 42.3 Å². The standard InChI is InChI=1S/C29H70O8Si5/c1-17-29(10,38(11,12)24-26-41(30-18-2,31-19-3)32-20-4)37-40(15,16)28(8,9)36-39(13,14)25-27-42(33-21-5,34-22-6)35-23-7/h17-27H2,1-16H3. The summed E-state index contributed by atoms with van der Waals surface area (Å²) >= 11 is 0. The van der Waals surface area contributed by atoms with Gasteiger partial charge < -0.3 is 35.4 Å². The van der Waals surface area contributed by atoms with Crippen LogP contribution in [0.15, 0.2) is 0 Å². The molecule has 0 N–H and O–H groups in total. The maximum absolute atomic E-state index is 7.38. The Morgan fingerprint density at radius 2 is 0.786 bits per heavy atom. The van der Waals surface area contributed by atoms with Crippen molar-refractivity contribution in [2.24, 2.45) is 0 Å². The highest BCUT2D eigenvalue weighted by Gasteiger charge is 2.54. The minimum absolute atomic E-state index is 0.221. The van der Waals surface area contributed by atoms with Gasteiger partial charge >= 0.3 is 17.6 Å². The summed E-state index contributed by atoms with van der Waals surface area (Å²) in [6.07, 6.45) is 0.956. The van der Waals surface area contributed by atoms with E-state index in [9.17, 15) is 0 Å². The largest absolute Gasteiger partial charge is 0.500 e. The van der Waals surface area contributed by atoms with Gasteiger partial charge in [-0.2, -0.15) is 0 Å². The second-order valence-electron chi connectivity index (χ2n) is 13.4. The Bertz CT molecular complexity index is 719. The average Bonchev–Trinajstić information content (AvgIpc) is 2.86. The fourth-order valence-corrected chi connectivity index (χ4v) is 25.0. The third-order valence-corrected chi connectivity index (χ3v) is 27.6. The minimum atomic E-state index is -2.73. The molecule has 0 bridgehead atoms. The van der Waals surface area contributed by atoms with Gasteiger partial charge in [0.2, 0.25) is 8.32 Å². The van der Waals surface area contributed by atoms with Gasteiger partial charge in [0.15, 0.2) is 8.32 Å². The predicted octanol–water partition coefficient (Wildman–Crippen LogP) is 8.26. The number of hydrogen-bond acceptors (Lipinski definition) is 8. The van der Waals surface area contributed by atoms with Gasteiger partial charge in [0.05, 0.1) is 13.3 Å². The summed E-state index contributed by atoms with van der Waals surface area (Å²) < 4.78 is 51.5. The topological polar surface area (TPSA) is 73.8 Å². The van der Waals surface area contributed by atoms with E-state index < -0.39 is 42.3 Å². The van der Waals surface area contributed by atoms with Crippen LogP contribution in [-0.2, 0) is 35.4 Å². The molecule has 42 heavy (non-hydrogen) atoms. The Morgan fingerprint density at radius 1 is 0.452 bits per heavy atom. The van der Waals surface area contributed by atoms with E-state index in [-0.39, 0.29) is 10.4 Å². The molecule has 0 amide bonds. The van der Waals surface area contributed by atoms with Crippen LogP contribution in [0.1, 0.15) is 75.7 Å². The van der Waals surface area contributed by atoms with Gasteiger partial charge in [-0.3, -0.25) is 0 Å². The molecule has 0 aliphatic rings. The molecule has 13 heteroatoms. The Morgan fingerprint density at radius 3 is 1.10 bits per heavy atom. The van der Waals surface area contributed by atoms with E-state index in [0.29, 0.717) is 39.6 Å². The summed E-state index contributed by atoms with van der Waals surface area (Å²) in [5, 5.41) is -0.599. The van der Waals surface area contributed by atoms with E-state index in [1.807, 2.05) is 41.5 Å². The van der Waals surface area contributed by atoms with Gasteiger partial charge in [-0.15, -0.1) is 0 Å². The first-order valence-electron chi connectivity index (χ1n) is 16.5. The maximum atomic E-state index is 7.38. The minimum Gasteiger partial charge on any atom is -0.412 e. The first kappa shape index (κ1) is 42.8. The summed E-state index contributed by atoms with van der Waals surface area (Å²) in [6, 6.07) is 3.54. The molecule has 254 valence electrons. The highest BCUT2D eigenvalue weighted by molar-refractivity contribution is 6.83. The Kier molecular flexibility index (Phi) is 18.5. The van der Waals surface area contributed by atoms with Crippen molar-refractivity contribution in [1.29, 1.82) is 0 Å². The molecule has 0 radical (unpaired) electrons. The van der Waals surface area contributed by atoms with Crippen molar-refractivity contribution < 1.29 is 35.4 Å². The van der Waals surface area contributed by atoms with Crippen molar-refractivity contribution in [3.8, 4) is 0 Å². The monoisotopic (exact) mass is 686 g/mol. The van der Waals surface area contributed by atoms with Gasteiger partial charge in [-0.1, -0.05) is 26.1 Å². The molecule has 0 rings (SSSR count). The van der Waals surface area contributed by atoms with Crippen molar-refractivity contribution in [2.75, 3.05) is 39.6 Å². The highest BCUT2D eigenvalue weighted by Crippen LogP contribution is 2.41. The van der Waals surface area contributed by atoms with Crippen LogP contribution in [0.2, 0.25) is 63.5 Å². The molecular weight excluding hydrogens is 617 g/mol. The molecule has 0 fully saturated rings. The molecule has 1 atom stereocenters. The molecule has 0 aliphatic heterocycles. The molecule has 0 spiro atoms. The zero-order valence-electron chi connectivity index (χ0n) is 30.5. The lowest BCUT2D eigenvalue weighted by molar-refractivity contribution is 0.0706. The molecule has 0 heterocycles. The molecular formula is C29H70O8Si5. The molecule has 0 aromatic heterocycles. The lowest BCUT2D eigenvalue weighted by Crippen LogP contribution is -2.66. The van der Waals surface area contributed by atoms with Gasteiger partial charge in [0.25, 0.3) is 0 Å². The summed E-state index contributed by atoms with van der Waals surface area (Å²) in [6.45, 7) is 38.9. The lowest BCUT2D eigenvalue weighted by Gasteiger charge is -2.52. The zero-order valence-corrected chi connectivity index (χ0v) is 35.5. The van der Waals surface area contributed by atoms with E-state index in [2.05, 4.69) is 67.0 Å². The molecule has 0 saturated carbocycles. The maximum Gasteiger partial charge on any atom is 0.500 e. The normalized spacial score (nSPS) is 15.7. The highest BCUT2D eigenvalue weighted by atomic mass is 28.4. The Hall–Kier alpha value is 0.764. The van der Waals surface area contributed by atoms with Crippen molar-refractivity contribution in [3.63, 3.8) is 0 Å². The molecule has 0 aromatic rings. The Balaban J connectivity index is 5.91. The summed E-state index contributed by atoms with van der Waals surface area (Å²) in [4.78, 5) is 0. The molecule has 0 aromatic carbocycles. The van der Waals surface area contributed by atoms with Crippen molar-refractivity contribution in [2.45, 2.75) is 150 Å². The van der Waals surface area contributed by atoms with Gasteiger partial charge in [0, 0.05) is 57.0 Å². The molecule has 1 unspecified atom stereocenters. The van der Waals surface area contributed by atoms with Crippen LogP contribution in [0.3, 0.4) is 0 Å². The first-order valence-corrected chi connectivity index (χ1v) is 29.6. The van der Waals surface area contributed by atoms with Crippen LogP contribution in [0.25, 0.3) is 0 Å². The predicted molar refractivity (Wildman–Crippen MR) is 188 cm³/mol. The van der Waals surface area contributed by atoms with Crippen LogP contribution in [-0.4, -0.2) is 92.4 Å². The van der Waals surface area contributed by atoms with E-state index in [1.54, 1.807) is 0 Å². The second-order valence-corrected chi connectivity index (χ2v) is 32.9. The van der Waals surface area contributed by atoms with E-state index in [0.717, 1.165) is 30.6 Å². The third kappa shape index (κ3) is 12.5. The molecule has 8 nitrogen and oxygen atoms in total. The summed E-state index contributed by atoms with van der Waals surface area (Å²) in [7, 11) is -11.9. The van der Waals surface area contributed by atoms with Gasteiger partial charge in [-0.05, 0) is 101 Å². The smallest absolute Gasteiger partial charge is 0.412 e. The van der Waals surface area contributed by atoms with Crippen LogP contribution in [0.5, 0.6) is 0 Å². The van der Waals surface area contributed by atoms with Crippen LogP contribution >= 0.6 is 0 Å². The van der Waals surface area contributed by atoms with Crippen molar-refractivity contribution in [1.82, 2.24) is 0 Å². The van der Waals surface area contributed by atoms with E-state index in [4.69, 9.17) is 35.4 Å². The quantitative estimate of drug-likeness (QED) is 0.0889. The lowest BCUT2D eigenvalue weighted by atomic mass is 10.3. The Labute approximate surface area is 266 Å². The number of hydrogen-bond donors (Lipinski definition) is 0.